The minimum atomic E-state index is -0.964. The number of ether oxygens (including phenoxy) is 1. The van der Waals surface area contributed by atoms with E-state index < -0.39 is 12.2 Å². The maximum atomic E-state index is 11.0. The fourth-order valence-electron chi connectivity index (χ4n) is 2.44. The highest BCUT2D eigenvalue weighted by atomic mass is 35.5. The average Bonchev–Trinajstić information content (AvgIpc) is 3.13. The van der Waals surface area contributed by atoms with Crippen LogP contribution in [0.5, 0.6) is 0 Å². The van der Waals surface area contributed by atoms with Gasteiger partial charge >= 0.3 is 5.97 Å². The lowest BCUT2D eigenvalue weighted by molar-refractivity contribution is -0.138. The molecule has 0 aliphatic carbocycles. The number of carbonyl (C=O) groups is 1. The Kier molecular flexibility index (Phi) is 5.48. The van der Waals surface area contributed by atoms with Crippen LogP contribution in [-0.4, -0.2) is 40.2 Å². The zero-order chi connectivity index (χ0) is 18.0. The van der Waals surface area contributed by atoms with Crippen LogP contribution in [0, 0.1) is 0 Å². The van der Waals surface area contributed by atoms with Crippen LogP contribution in [0.1, 0.15) is 5.76 Å². The fourth-order valence-corrected chi connectivity index (χ4v) is 3.99. The van der Waals surface area contributed by atoms with Crippen LogP contribution in [0.2, 0.25) is 5.02 Å². The Morgan fingerprint density at radius 1 is 1.40 bits per heavy atom. The van der Waals surface area contributed by atoms with E-state index >= 15 is 0 Å². The van der Waals surface area contributed by atoms with Crippen molar-refractivity contribution >= 4 is 51.9 Å². The second-order valence-corrected chi connectivity index (χ2v) is 7.38. The van der Waals surface area contributed by atoms with Crippen molar-refractivity contribution in [1.29, 1.82) is 0 Å². The van der Waals surface area contributed by atoms with Gasteiger partial charge in [0, 0.05) is 22.6 Å². The summed E-state index contributed by atoms with van der Waals surface area (Å²) in [5.74, 6) is 0.384. The van der Waals surface area contributed by atoms with Gasteiger partial charge in [0.15, 0.2) is 6.23 Å². The molecule has 0 saturated carbocycles. The number of aliphatic carboxylic acids is 1. The van der Waals surface area contributed by atoms with Gasteiger partial charge in [0.2, 0.25) is 0 Å². The summed E-state index contributed by atoms with van der Waals surface area (Å²) in [5, 5.41) is 9.68. The molecule has 0 radical (unpaired) electrons. The van der Waals surface area contributed by atoms with Crippen molar-refractivity contribution < 1.29 is 19.1 Å². The number of halogens is 1. The van der Waals surface area contributed by atoms with Gasteiger partial charge in [-0.25, -0.2) is 0 Å². The van der Waals surface area contributed by atoms with Gasteiger partial charge in [-0.3, -0.25) is 4.79 Å². The second kappa shape index (κ2) is 7.61. The molecule has 25 heavy (non-hydrogen) atoms. The molecule has 5 nitrogen and oxygen atoms in total. The highest BCUT2D eigenvalue weighted by Gasteiger charge is 2.35. The molecule has 1 atom stereocenters. The van der Waals surface area contributed by atoms with Gasteiger partial charge in [-0.15, -0.1) is 0 Å². The Bertz CT molecular complexity index is 831. The smallest absolute Gasteiger partial charge is 0.323 e. The molecule has 8 heteroatoms. The number of hydrogen-bond acceptors (Lipinski definition) is 5. The Morgan fingerprint density at radius 2 is 2.12 bits per heavy atom. The number of furan rings is 1. The minimum Gasteiger partial charge on any atom is -0.480 e. The summed E-state index contributed by atoms with van der Waals surface area (Å²) in [7, 11) is 1.52. The monoisotopic (exact) mass is 395 g/mol. The number of thiocarbonyl (C=S) groups is 1. The van der Waals surface area contributed by atoms with Crippen molar-refractivity contribution in [2.75, 3.05) is 13.7 Å². The first-order chi connectivity index (χ1) is 12.0. The Labute approximate surface area is 159 Å². The molecule has 130 valence electrons. The van der Waals surface area contributed by atoms with Crippen molar-refractivity contribution in [2.45, 2.75) is 6.23 Å². The van der Waals surface area contributed by atoms with Crippen molar-refractivity contribution in [3.63, 3.8) is 0 Å². The maximum absolute atomic E-state index is 11.0. The number of carboxylic acids is 1. The molecule has 1 aromatic heterocycles. The van der Waals surface area contributed by atoms with Crippen LogP contribution in [0.4, 0.5) is 0 Å². The van der Waals surface area contributed by atoms with Crippen LogP contribution >= 0.6 is 35.6 Å². The normalized spacial score (nSPS) is 19.0. The van der Waals surface area contributed by atoms with E-state index in [1.807, 2.05) is 30.3 Å². The topological polar surface area (TPSA) is 62.9 Å². The van der Waals surface area contributed by atoms with Crippen molar-refractivity contribution in [3.8, 4) is 11.3 Å². The van der Waals surface area contributed by atoms with Gasteiger partial charge in [0.1, 0.15) is 22.4 Å². The predicted molar refractivity (Wildman–Crippen MR) is 102 cm³/mol. The van der Waals surface area contributed by atoms with Crippen LogP contribution in [0.15, 0.2) is 45.7 Å². The molecule has 0 bridgehead atoms. The summed E-state index contributed by atoms with van der Waals surface area (Å²) in [6.07, 6.45) is 1.28. The van der Waals surface area contributed by atoms with Gasteiger partial charge < -0.3 is 19.2 Å². The largest absolute Gasteiger partial charge is 0.480 e. The molecule has 1 aliphatic rings. The van der Waals surface area contributed by atoms with E-state index in [1.165, 1.54) is 23.8 Å². The molecule has 1 unspecified atom stereocenters. The lowest BCUT2D eigenvalue weighted by atomic mass is 10.2. The molecule has 1 aromatic carbocycles. The zero-order valence-electron chi connectivity index (χ0n) is 13.1. The summed E-state index contributed by atoms with van der Waals surface area (Å²) >= 11 is 12.5. The fraction of sp³-hybridized carbons (Fsp3) is 0.176. The third-order valence-electron chi connectivity index (χ3n) is 3.54. The molecule has 1 saturated heterocycles. The lowest BCUT2D eigenvalue weighted by Crippen LogP contribution is -2.37. The van der Waals surface area contributed by atoms with Crippen LogP contribution in [0.25, 0.3) is 17.4 Å². The summed E-state index contributed by atoms with van der Waals surface area (Å²) in [6, 6.07) is 11.1. The second-order valence-electron chi connectivity index (χ2n) is 5.23. The van der Waals surface area contributed by atoms with E-state index in [4.69, 9.17) is 38.1 Å². The van der Waals surface area contributed by atoms with E-state index in [2.05, 4.69) is 0 Å². The summed E-state index contributed by atoms with van der Waals surface area (Å²) < 4.78 is 11.7. The number of methoxy groups -OCH3 is 1. The molecular formula is C17H14ClNO4S2. The first-order valence-corrected chi connectivity index (χ1v) is 8.88. The molecular weight excluding hydrogens is 382 g/mol. The number of thioether (sulfide) groups is 1. The summed E-state index contributed by atoms with van der Waals surface area (Å²) in [5.41, 5.74) is 0.916. The zero-order valence-corrected chi connectivity index (χ0v) is 15.5. The van der Waals surface area contributed by atoms with E-state index in [1.54, 1.807) is 12.1 Å². The molecule has 1 fully saturated rings. The first kappa shape index (κ1) is 18.0. The Balaban J connectivity index is 1.84. The van der Waals surface area contributed by atoms with E-state index in [-0.39, 0.29) is 6.54 Å². The third kappa shape index (κ3) is 4.07. The third-order valence-corrected chi connectivity index (χ3v) is 5.24. The summed E-state index contributed by atoms with van der Waals surface area (Å²) in [6.45, 7) is -0.212. The quantitative estimate of drug-likeness (QED) is 0.756. The maximum Gasteiger partial charge on any atom is 0.323 e. The molecule has 0 amide bonds. The van der Waals surface area contributed by atoms with Gasteiger partial charge in [0.25, 0.3) is 0 Å². The molecule has 2 aromatic rings. The van der Waals surface area contributed by atoms with E-state index in [9.17, 15) is 4.79 Å². The van der Waals surface area contributed by atoms with Crippen molar-refractivity contribution in [3.05, 3.63) is 52.1 Å². The molecule has 1 N–H and O–H groups in total. The molecule has 3 rings (SSSR count). The summed E-state index contributed by atoms with van der Waals surface area (Å²) in [4.78, 5) is 13.3. The number of hydrogen-bond donors (Lipinski definition) is 1. The molecule has 2 heterocycles. The molecule has 0 spiro atoms. The average molecular weight is 396 g/mol. The predicted octanol–water partition coefficient (Wildman–Crippen LogP) is 4.33. The SMILES string of the molecule is COC1/C(=C\c2ccc(-c3ccc(Cl)cc3)o2)SC(=S)N1CC(=O)O. The van der Waals surface area contributed by atoms with Crippen molar-refractivity contribution in [1.82, 2.24) is 4.90 Å². The van der Waals surface area contributed by atoms with Gasteiger partial charge in [-0.2, -0.15) is 0 Å². The number of rotatable bonds is 5. The first-order valence-electron chi connectivity index (χ1n) is 7.28. The minimum absolute atomic E-state index is 0.212. The van der Waals surface area contributed by atoms with Crippen molar-refractivity contribution in [2.24, 2.45) is 0 Å². The van der Waals surface area contributed by atoms with Crippen LogP contribution < -0.4 is 0 Å². The number of carboxylic acid groups (broad SMARTS) is 1. The highest BCUT2D eigenvalue weighted by molar-refractivity contribution is 8.26. The Hall–Kier alpha value is -1.80. The standard InChI is InChI=1S/C17H14ClNO4S2/c1-22-16-14(25-17(24)19(16)9-15(20)21)8-12-6-7-13(23-12)10-2-4-11(18)5-3-10/h2-8,16H,9H2,1H3,(H,20,21)/b14-8+. The van der Waals surface area contributed by atoms with Crippen LogP contribution in [0.3, 0.4) is 0 Å². The number of nitrogens with zero attached hydrogens (tertiary/aromatic N) is 1. The van der Waals surface area contributed by atoms with Gasteiger partial charge in [-0.1, -0.05) is 35.6 Å². The Morgan fingerprint density at radius 3 is 2.76 bits per heavy atom. The van der Waals surface area contributed by atoms with Gasteiger partial charge in [-0.05, 0) is 42.5 Å². The lowest BCUT2D eigenvalue weighted by Gasteiger charge is -2.22. The highest BCUT2D eigenvalue weighted by Crippen LogP contribution is 2.37. The van der Waals surface area contributed by atoms with E-state index in [0.717, 1.165) is 10.5 Å². The van der Waals surface area contributed by atoms with E-state index in [0.29, 0.717) is 20.9 Å². The van der Waals surface area contributed by atoms with Crippen LogP contribution in [-0.2, 0) is 9.53 Å². The van der Waals surface area contributed by atoms with Gasteiger partial charge in [0.05, 0.1) is 0 Å². The number of benzene rings is 1. The molecule has 1 aliphatic heterocycles.